The Balaban J connectivity index is 2.07. The molecule has 84 valence electrons. The summed E-state index contributed by atoms with van der Waals surface area (Å²) in [4.78, 5) is 11.1. The van der Waals surface area contributed by atoms with E-state index in [0.717, 1.165) is 18.6 Å². The predicted molar refractivity (Wildman–Crippen MR) is 64.4 cm³/mol. The number of allylic oxidation sites excluding steroid dienone is 1. The number of methoxy groups -OCH3 is 1. The zero-order valence-electron chi connectivity index (χ0n) is 9.53. The lowest BCUT2D eigenvalue weighted by atomic mass is 9.92. The number of carbonyl (C=O) groups is 1. The van der Waals surface area contributed by atoms with Crippen LogP contribution in [-0.2, 0) is 4.79 Å². The van der Waals surface area contributed by atoms with E-state index in [1.54, 1.807) is 7.11 Å². The summed E-state index contributed by atoms with van der Waals surface area (Å²) in [6.07, 6.45) is 5.45. The van der Waals surface area contributed by atoms with Crippen molar-refractivity contribution in [3.8, 4) is 5.75 Å². The smallest absolute Gasteiger partial charge is 0.133 e. The summed E-state index contributed by atoms with van der Waals surface area (Å²) < 4.78 is 5.11. The Bertz CT molecular complexity index is 389. The molecule has 16 heavy (non-hydrogen) atoms. The van der Waals surface area contributed by atoms with Crippen LogP contribution in [0.15, 0.2) is 29.8 Å². The highest BCUT2D eigenvalue weighted by atomic mass is 16.5. The van der Waals surface area contributed by atoms with Crippen molar-refractivity contribution in [1.82, 2.24) is 0 Å². The fraction of sp³-hybridized carbons (Fsp3) is 0.357. The van der Waals surface area contributed by atoms with E-state index in [1.807, 2.05) is 24.3 Å². The van der Waals surface area contributed by atoms with Crippen molar-refractivity contribution in [3.63, 3.8) is 0 Å². The maximum Gasteiger partial charge on any atom is 0.133 e. The van der Waals surface area contributed by atoms with Crippen LogP contribution in [0.2, 0.25) is 0 Å². The van der Waals surface area contributed by atoms with Crippen LogP contribution in [-0.4, -0.2) is 12.9 Å². The summed E-state index contributed by atoms with van der Waals surface area (Å²) in [5, 5.41) is 0. The second kappa shape index (κ2) is 4.97. The first-order valence-electron chi connectivity index (χ1n) is 5.63. The van der Waals surface area contributed by atoms with Gasteiger partial charge in [0.2, 0.25) is 0 Å². The van der Waals surface area contributed by atoms with E-state index in [2.05, 4.69) is 6.08 Å². The molecule has 0 unspecified atom stereocenters. The van der Waals surface area contributed by atoms with Gasteiger partial charge in [-0.1, -0.05) is 23.8 Å². The van der Waals surface area contributed by atoms with Gasteiger partial charge in [-0.3, -0.25) is 4.79 Å². The Morgan fingerprint density at radius 1 is 1.06 bits per heavy atom. The van der Waals surface area contributed by atoms with E-state index in [9.17, 15) is 4.79 Å². The molecule has 0 aliphatic heterocycles. The molecule has 0 N–H and O–H groups in total. The molecule has 0 bridgehead atoms. The normalized spacial score (nSPS) is 16.1. The first-order chi connectivity index (χ1) is 7.78. The number of ether oxygens (including phenoxy) is 1. The molecule has 1 aromatic carbocycles. The lowest BCUT2D eigenvalue weighted by Crippen LogP contribution is -2.05. The highest BCUT2D eigenvalue weighted by Crippen LogP contribution is 2.23. The lowest BCUT2D eigenvalue weighted by Gasteiger charge is -2.12. The van der Waals surface area contributed by atoms with Crippen LogP contribution >= 0.6 is 0 Å². The van der Waals surface area contributed by atoms with E-state index in [1.165, 1.54) is 11.1 Å². The van der Waals surface area contributed by atoms with Crippen molar-refractivity contribution in [2.75, 3.05) is 7.11 Å². The summed E-state index contributed by atoms with van der Waals surface area (Å²) in [5.41, 5.74) is 2.56. The van der Waals surface area contributed by atoms with Crippen molar-refractivity contribution < 1.29 is 9.53 Å². The molecule has 2 nitrogen and oxygen atoms in total. The average Bonchev–Trinajstić information content (AvgIpc) is 2.33. The number of hydrogen-bond acceptors (Lipinski definition) is 2. The largest absolute Gasteiger partial charge is 0.497 e. The van der Waals surface area contributed by atoms with Gasteiger partial charge in [0.05, 0.1) is 7.11 Å². The summed E-state index contributed by atoms with van der Waals surface area (Å²) in [7, 11) is 1.67. The van der Waals surface area contributed by atoms with Crippen LogP contribution in [0.1, 0.15) is 31.2 Å². The summed E-state index contributed by atoms with van der Waals surface area (Å²) in [6, 6.07) is 8.01. The number of ketones is 1. The summed E-state index contributed by atoms with van der Waals surface area (Å²) in [5.74, 6) is 1.27. The third-order valence-electron chi connectivity index (χ3n) is 2.94. The van der Waals surface area contributed by atoms with Crippen LogP contribution in [0, 0.1) is 0 Å². The van der Waals surface area contributed by atoms with Crippen molar-refractivity contribution in [2.45, 2.75) is 25.7 Å². The predicted octanol–water partition coefficient (Wildman–Crippen LogP) is 3.22. The molecule has 0 spiro atoms. The molecule has 0 saturated heterocycles. The van der Waals surface area contributed by atoms with Gasteiger partial charge in [-0.25, -0.2) is 0 Å². The zero-order valence-corrected chi connectivity index (χ0v) is 9.53. The Morgan fingerprint density at radius 2 is 1.69 bits per heavy atom. The molecule has 0 heterocycles. The SMILES string of the molecule is COc1ccc(C=C2CCC(=O)CC2)cc1. The third-order valence-corrected chi connectivity index (χ3v) is 2.94. The van der Waals surface area contributed by atoms with Crippen molar-refractivity contribution in [1.29, 1.82) is 0 Å². The van der Waals surface area contributed by atoms with E-state index >= 15 is 0 Å². The van der Waals surface area contributed by atoms with Crippen molar-refractivity contribution >= 4 is 11.9 Å². The number of Topliss-reactive ketones (excluding diaryl/α,β-unsaturated/α-hetero) is 1. The van der Waals surface area contributed by atoms with Gasteiger partial charge in [0, 0.05) is 12.8 Å². The molecule has 0 atom stereocenters. The van der Waals surface area contributed by atoms with Crippen LogP contribution in [0.4, 0.5) is 0 Å². The second-order valence-electron chi connectivity index (χ2n) is 4.11. The monoisotopic (exact) mass is 216 g/mol. The summed E-state index contributed by atoms with van der Waals surface area (Å²) >= 11 is 0. The van der Waals surface area contributed by atoms with Gasteiger partial charge in [-0.2, -0.15) is 0 Å². The minimum Gasteiger partial charge on any atom is -0.497 e. The molecule has 0 amide bonds. The van der Waals surface area contributed by atoms with Gasteiger partial charge >= 0.3 is 0 Å². The molecule has 1 aromatic rings. The van der Waals surface area contributed by atoms with Crippen molar-refractivity contribution in [2.24, 2.45) is 0 Å². The molecule has 1 aliphatic rings. The van der Waals surface area contributed by atoms with Gasteiger partial charge in [0.25, 0.3) is 0 Å². The molecule has 0 radical (unpaired) electrons. The molecule has 2 rings (SSSR count). The second-order valence-corrected chi connectivity index (χ2v) is 4.11. The zero-order chi connectivity index (χ0) is 11.4. The molecular weight excluding hydrogens is 200 g/mol. The standard InChI is InChI=1S/C14H16O2/c1-16-14-8-4-12(5-9-14)10-11-2-6-13(15)7-3-11/h4-5,8-10H,2-3,6-7H2,1H3. The quantitative estimate of drug-likeness (QED) is 0.758. The topological polar surface area (TPSA) is 26.3 Å². The van der Waals surface area contributed by atoms with Crippen LogP contribution in [0.3, 0.4) is 0 Å². The van der Waals surface area contributed by atoms with Gasteiger partial charge in [0.15, 0.2) is 0 Å². The highest BCUT2D eigenvalue weighted by molar-refractivity contribution is 5.80. The number of benzene rings is 1. The third kappa shape index (κ3) is 2.72. The maximum absolute atomic E-state index is 11.1. The molecule has 0 aromatic heterocycles. The first kappa shape index (κ1) is 10.9. The van der Waals surface area contributed by atoms with Gasteiger partial charge in [-0.05, 0) is 30.5 Å². The minimum atomic E-state index is 0.395. The van der Waals surface area contributed by atoms with E-state index in [-0.39, 0.29) is 0 Å². The van der Waals surface area contributed by atoms with Crippen LogP contribution < -0.4 is 4.74 Å². The van der Waals surface area contributed by atoms with E-state index in [0.29, 0.717) is 18.6 Å². The molecular formula is C14H16O2. The highest BCUT2D eigenvalue weighted by Gasteiger charge is 2.12. The first-order valence-corrected chi connectivity index (χ1v) is 5.63. The Labute approximate surface area is 95.9 Å². The fourth-order valence-corrected chi connectivity index (χ4v) is 1.93. The average molecular weight is 216 g/mol. The van der Waals surface area contributed by atoms with Gasteiger partial charge in [0.1, 0.15) is 11.5 Å². The Kier molecular flexibility index (Phi) is 3.40. The lowest BCUT2D eigenvalue weighted by molar-refractivity contribution is -0.119. The Hall–Kier alpha value is -1.57. The maximum atomic E-state index is 11.1. The van der Waals surface area contributed by atoms with E-state index < -0.39 is 0 Å². The van der Waals surface area contributed by atoms with Gasteiger partial charge in [-0.15, -0.1) is 0 Å². The fourth-order valence-electron chi connectivity index (χ4n) is 1.93. The number of carbonyl (C=O) groups excluding carboxylic acids is 1. The van der Waals surface area contributed by atoms with E-state index in [4.69, 9.17) is 4.74 Å². The number of hydrogen-bond donors (Lipinski definition) is 0. The Morgan fingerprint density at radius 3 is 2.25 bits per heavy atom. The van der Waals surface area contributed by atoms with Crippen LogP contribution in [0.5, 0.6) is 5.75 Å². The van der Waals surface area contributed by atoms with Crippen LogP contribution in [0.25, 0.3) is 6.08 Å². The summed E-state index contributed by atoms with van der Waals surface area (Å²) in [6.45, 7) is 0. The number of rotatable bonds is 2. The van der Waals surface area contributed by atoms with Gasteiger partial charge < -0.3 is 4.74 Å². The molecule has 1 fully saturated rings. The molecule has 2 heteroatoms. The molecule has 1 aliphatic carbocycles. The van der Waals surface area contributed by atoms with Crippen molar-refractivity contribution in [3.05, 3.63) is 35.4 Å². The molecule has 1 saturated carbocycles. The minimum absolute atomic E-state index is 0.395.